The molecule has 1 aliphatic rings. The number of nitrogens with one attached hydrogen (secondary N) is 1. The van der Waals surface area contributed by atoms with E-state index < -0.39 is 0 Å². The van der Waals surface area contributed by atoms with E-state index in [2.05, 4.69) is 10.3 Å². The first-order valence-corrected chi connectivity index (χ1v) is 10.4. The van der Waals surface area contributed by atoms with Crippen LogP contribution in [0.3, 0.4) is 0 Å². The van der Waals surface area contributed by atoms with Gasteiger partial charge >= 0.3 is 6.03 Å². The molecule has 162 valence electrons. The van der Waals surface area contributed by atoms with Crippen molar-refractivity contribution in [2.24, 2.45) is 0 Å². The normalized spacial score (nSPS) is 12.9. The molecule has 30 heavy (non-hydrogen) atoms. The number of carbonyl (C=O) groups excluding carboxylic acids is 1. The van der Waals surface area contributed by atoms with Gasteiger partial charge in [-0.1, -0.05) is 0 Å². The highest BCUT2D eigenvalue weighted by Gasteiger charge is 2.32. The predicted molar refractivity (Wildman–Crippen MR) is 115 cm³/mol. The summed E-state index contributed by atoms with van der Waals surface area (Å²) in [6.07, 6.45) is 8.29. The zero-order valence-corrected chi connectivity index (χ0v) is 18.0. The van der Waals surface area contributed by atoms with Crippen LogP contribution in [0.25, 0.3) is 0 Å². The zero-order valence-electron chi connectivity index (χ0n) is 18.0. The Balaban J connectivity index is 1.53. The minimum Gasteiger partial charge on any atom is -0.493 e. The summed E-state index contributed by atoms with van der Waals surface area (Å²) in [5.74, 6) is 1.84. The van der Waals surface area contributed by atoms with Crippen LogP contribution in [-0.4, -0.2) is 56.4 Å². The van der Waals surface area contributed by atoms with Gasteiger partial charge in [-0.2, -0.15) is 0 Å². The van der Waals surface area contributed by atoms with Crippen LogP contribution in [0.2, 0.25) is 0 Å². The van der Waals surface area contributed by atoms with Gasteiger partial charge in [0.15, 0.2) is 11.5 Å². The van der Waals surface area contributed by atoms with Crippen molar-refractivity contribution >= 4 is 6.03 Å². The van der Waals surface area contributed by atoms with Crippen molar-refractivity contribution in [3.63, 3.8) is 0 Å². The first-order valence-electron chi connectivity index (χ1n) is 10.4. The molecule has 2 aromatic rings. The fourth-order valence-electron chi connectivity index (χ4n) is 3.50. The molecule has 3 rings (SSSR count). The van der Waals surface area contributed by atoms with E-state index in [1.807, 2.05) is 29.2 Å². The number of urea groups is 1. The molecule has 0 unspecified atom stereocenters. The van der Waals surface area contributed by atoms with Crippen molar-refractivity contribution in [1.29, 1.82) is 0 Å². The lowest BCUT2D eigenvalue weighted by molar-refractivity contribution is 0.195. The number of carbonyl (C=O) groups is 1. The number of aryl methyl sites for hydroxylation is 1. The van der Waals surface area contributed by atoms with E-state index in [1.165, 1.54) is 5.56 Å². The second-order valence-electron chi connectivity index (χ2n) is 7.40. The van der Waals surface area contributed by atoms with Crippen LogP contribution in [0, 0.1) is 0 Å². The summed E-state index contributed by atoms with van der Waals surface area (Å²) in [6, 6.07) is 8.26. The third kappa shape index (κ3) is 5.78. The van der Waals surface area contributed by atoms with E-state index >= 15 is 0 Å². The summed E-state index contributed by atoms with van der Waals surface area (Å²) < 4.78 is 16.3. The summed E-state index contributed by atoms with van der Waals surface area (Å²) in [4.78, 5) is 18.7. The van der Waals surface area contributed by atoms with Crippen molar-refractivity contribution in [3.05, 3.63) is 47.8 Å². The molecule has 1 aromatic heterocycles. The molecule has 7 heteroatoms. The van der Waals surface area contributed by atoms with E-state index in [0.29, 0.717) is 36.4 Å². The van der Waals surface area contributed by atoms with E-state index in [4.69, 9.17) is 14.2 Å². The van der Waals surface area contributed by atoms with Gasteiger partial charge in [0.05, 0.1) is 21.3 Å². The van der Waals surface area contributed by atoms with Gasteiger partial charge < -0.3 is 24.4 Å². The lowest BCUT2D eigenvalue weighted by Crippen LogP contribution is -2.42. The van der Waals surface area contributed by atoms with Gasteiger partial charge in [-0.3, -0.25) is 4.98 Å². The monoisotopic (exact) mass is 413 g/mol. The zero-order chi connectivity index (χ0) is 21.3. The number of pyridine rings is 1. The molecule has 0 spiro atoms. The van der Waals surface area contributed by atoms with Crippen molar-refractivity contribution in [1.82, 2.24) is 15.2 Å². The van der Waals surface area contributed by atoms with Crippen molar-refractivity contribution in [3.8, 4) is 17.2 Å². The molecule has 0 saturated heterocycles. The maximum absolute atomic E-state index is 12.7. The van der Waals surface area contributed by atoms with Gasteiger partial charge in [0.1, 0.15) is 0 Å². The Morgan fingerprint density at radius 2 is 1.70 bits per heavy atom. The number of amides is 2. The van der Waals surface area contributed by atoms with Crippen LogP contribution in [0.15, 0.2) is 36.7 Å². The lowest BCUT2D eigenvalue weighted by atomic mass is 10.1. The van der Waals surface area contributed by atoms with Gasteiger partial charge in [0.25, 0.3) is 0 Å². The Morgan fingerprint density at radius 1 is 1.03 bits per heavy atom. The van der Waals surface area contributed by atoms with Crippen LogP contribution in [0.4, 0.5) is 4.79 Å². The molecule has 7 nitrogen and oxygen atoms in total. The predicted octanol–water partition coefficient (Wildman–Crippen LogP) is 3.46. The summed E-state index contributed by atoms with van der Waals surface area (Å²) in [5, 5.41) is 3.08. The van der Waals surface area contributed by atoms with Gasteiger partial charge in [0, 0.05) is 31.5 Å². The maximum Gasteiger partial charge on any atom is 0.317 e. The van der Waals surface area contributed by atoms with Gasteiger partial charge in [0.2, 0.25) is 5.75 Å². The largest absolute Gasteiger partial charge is 0.493 e. The highest BCUT2D eigenvalue weighted by molar-refractivity contribution is 5.75. The van der Waals surface area contributed by atoms with Crippen LogP contribution in [0.1, 0.15) is 30.4 Å². The molecular weight excluding hydrogens is 382 g/mol. The molecular formula is C23H31N3O4. The maximum atomic E-state index is 12.7. The second-order valence-corrected chi connectivity index (χ2v) is 7.40. The molecule has 1 fully saturated rings. The molecule has 1 saturated carbocycles. The molecule has 0 atom stereocenters. The number of rotatable bonds is 11. The van der Waals surface area contributed by atoms with Crippen LogP contribution in [-0.2, 0) is 12.8 Å². The molecule has 0 aliphatic heterocycles. The van der Waals surface area contributed by atoms with E-state index in [9.17, 15) is 4.79 Å². The van der Waals surface area contributed by atoms with E-state index in [0.717, 1.165) is 37.7 Å². The van der Waals surface area contributed by atoms with Crippen molar-refractivity contribution < 1.29 is 19.0 Å². The number of hydrogen-bond acceptors (Lipinski definition) is 5. The van der Waals surface area contributed by atoms with Crippen LogP contribution in [0.5, 0.6) is 17.2 Å². The van der Waals surface area contributed by atoms with Gasteiger partial charge in [-0.25, -0.2) is 4.79 Å². The molecule has 2 amide bonds. The van der Waals surface area contributed by atoms with Crippen LogP contribution >= 0.6 is 0 Å². The summed E-state index contributed by atoms with van der Waals surface area (Å²) in [7, 11) is 4.81. The highest BCUT2D eigenvalue weighted by atomic mass is 16.5. The molecule has 0 radical (unpaired) electrons. The first kappa shape index (κ1) is 21.7. The third-order valence-electron chi connectivity index (χ3n) is 5.28. The fraction of sp³-hybridized carbons (Fsp3) is 0.478. The Morgan fingerprint density at radius 3 is 2.27 bits per heavy atom. The second kappa shape index (κ2) is 10.7. The highest BCUT2D eigenvalue weighted by Crippen LogP contribution is 2.38. The molecule has 1 aliphatic carbocycles. The van der Waals surface area contributed by atoms with Crippen molar-refractivity contribution in [2.75, 3.05) is 34.4 Å². The third-order valence-corrected chi connectivity index (χ3v) is 5.28. The van der Waals surface area contributed by atoms with Gasteiger partial charge in [-0.05, 0) is 67.5 Å². The minimum absolute atomic E-state index is 0.0136. The molecule has 1 aromatic carbocycles. The average Bonchev–Trinajstić information content (AvgIpc) is 3.62. The Hall–Kier alpha value is -2.96. The number of hydrogen-bond donors (Lipinski definition) is 1. The quantitative estimate of drug-likeness (QED) is 0.571. The number of methoxy groups -OCH3 is 3. The number of aromatic nitrogens is 1. The Kier molecular flexibility index (Phi) is 7.76. The minimum atomic E-state index is 0.0136. The fourth-order valence-corrected chi connectivity index (χ4v) is 3.50. The smallest absolute Gasteiger partial charge is 0.317 e. The van der Waals surface area contributed by atoms with Crippen LogP contribution < -0.4 is 19.5 Å². The lowest BCUT2D eigenvalue weighted by Gasteiger charge is -2.23. The standard InChI is InChI=1S/C23H31N3O4/c1-28-20-15-18(16-21(29-2)22(20)30-3)10-14-26(19-6-7-19)23(27)25-11-4-5-17-8-12-24-13-9-17/h8-9,12-13,15-16,19H,4-7,10-11,14H2,1-3H3,(H,25,27). The van der Waals surface area contributed by atoms with E-state index in [-0.39, 0.29) is 6.03 Å². The first-order chi connectivity index (χ1) is 14.7. The topological polar surface area (TPSA) is 72.9 Å². The summed E-state index contributed by atoms with van der Waals surface area (Å²) >= 11 is 0. The average molecular weight is 414 g/mol. The Bertz CT molecular complexity index is 799. The summed E-state index contributed by atoms with van der Waals surface area (Å²) in [6.45, 7) is 1.31. The number of ether oxygens (including phenoxy) is 3. The number of nitrogens with zero attached hydrogens (tertiary/aromatic N) is 2. The SMILES string of the molecule is COc1cc(CCN(C(=O)NCCCc2ccncc2)C2CC2)cc(OC)c1OC. The van der Waals surface area contributed by atoms with Crippen molar-refractivity contribution in [2.45, 2.75) is 38.1 Å². The van der Waals surface area contributed by atoms with Gasteiger partial charge in [-0.15, -0.1) is 0 Å². The van der Waals surface area contributed by atoms with E-state index in [1.54, 1.807) is 33.7 Å². The molecule has 0 bridgehead atoms. The summed E-state index contributed by atoms with van der Waals surface area (Å²) in [5.41, 5.74) is 2.28. The molecule has 1 heterocycles. The Labute approximate surface area is 178 Å². The molecule has 1 N–H and O–H groups in total. The number of benzene rings is 1.